The maximum atomic E-state index is 13.5. The molecular formula is C21H24N5O3+. The van der Waals surface area contributed by atoms with Gasteiger partial charge in [0.1, 0.15) is 30.5 Å². The largest absolute Gasteiger partial charge is 0.440 e. The fourth-order valence-corrected chi connectivity index (χ4v) is 4.02. The molecule has 0 unspecified atom stereocenters. The number of nitrogens with two attached hydrogens (primary N) is 1. The topological polar surface area (TPSA) is 108 Å². The Morgan fingerprint density at radius 1 is 1.41 bits per heavy atom. The average Bonchev–Trinajstić information content (AvgIpc) is 2.74. The van der Waals surface area contributed by atoms with Gasteiger partial charge < -0.3 is 24.7 Å². The van der Waals surface area contributed by atoms with Crippen LogP contribution in [0.2, 0.25) is 0 Å². The number of fused-ring (bicyclic) bond motifs is 1. The highest BCUT2D eigenvalue weighted by atomic mass is 16.5. The van der Waals surface area contributed by atoms with E-state index in [2.05, 4.69) is 11.1 Å². The van der Waals surface area contributed by atoms with Gasteiger partial charge in [0.25, 0.3) is 5.56 Å². The van der Waals surface area contributed by atoms with Crippen LogP contribution in [0.4, 0.5) is 0 Å². The number of pyridine rings is 2. The minimum absolute atomic E-state index is 0.0307. The number of nitrogens with zero attached hydrogens (tertiary/aromatic N) is 3. The molecule has 0 aliphatic carbocycles. The van der Waals surface area contributed by atoms with Crippen LogP contribution in [0.5, 0.6) is 5.75 Å². The highest BCUT2D eigenvalue weighted by molar-refractivity contribution is 5.54. The van der Waals surface area contributed by atoms with Gasteiger partial charge in [0, 0.05) is 24.2 Å². The summed E-state index contributed by atoms with van der Waals surface area (Å²) in [6, 6.07) is 7.58. The summed E-state index contributed by atoms with van der Waals surface area (Å²) in [6.45, 7) is 6.70. The molecule has 8 heteroatoms. The van der Waals surface area contributed by atoms with Crippen molar-refractivity contribution in [2.24, 2.45) is 5.73 Å². The van der Waals surface area contributed by atoms with Gasteiger partial charge in [0.05, 0.1) is 37.8 Å². The first kappa shape index (κ1) is 19.2. The second-order valence-electron chi connectivity index (χ2n) is 7.34. The first-order valence-corrected chi connectivity index (χ1v) is 9.73. The van der Waals surface area contributed by atoms with E-state index in [1.165, 1.54) is 4.90 Å². The van der Waals surface area contributed by atoms with Gasteiger partial charge >= 0.3 is 0 Å². The van der Waals surface area contributed by atoms with E-state index in [0.717, 1.165) is 44.1 Å². The van der Waals surface area contributed by atoms with E-state index in [0.29, 0.717) is 17.9 Å². The Labute approximate surface area is 168 Å². The monoisotopic (exact) mass is 394 g/mol. The molecule has 4 heterocycles. The van der Waals surface area contributed by atoms with E-state index in [4.69, 9.17) is 15.2 Å². The number of aryl methyl sites for hydroxylation is 1. The van der Waals surface area contributed by atoms with Crippen LogP contribution < -0.4 is 20.9 Å². The molecule has 2 aromatic heterocycles. The normalized spacial score (nSPS) is 19.4. The molecule has 0 aromatic carbocycles. The van der Waals surface area contributed by atoms with E-state index < -0.39 is 5.92 Å². The zero-order chi connectivity index (χ0) is 20.4. The fourth-order valence-electron chi connectivity index (χ4n) is 4.02. The third kappa shape index (κ3) is 3.62. The molecule has 2 aromatic rings. The summed E-state index contributed by atoms with van der Waals surface area (Å²) in [5, 5.41) is 9.69. The minimum atomic E-state index is -0.590. The quantitative estimate of drug-likeness (QED) is 0.736. The smallest absolute Gasteiger partial charge is 0.258 e. The summed E-state index contributed by atoms with van der Waals surface area (Å²) in [5.41, 5.74) is 8.08. The molecule has 1 saturated heterocycles. The molecule has 29 heavy (non-hydrogen) atoms. The van der Waals surface area contributed by atoms with Gasteiger partial charge in [-0.05, 0) is 18.6 Å². The number of nitriles is 1. The summed E-state index contributed by atoms with van der Waals surface area (Å²) in [6.07, 6.45) is 3.31. The predicted octanol–water partition coefficient (Wildman–Crippen LogP) is -0.315. The molecule has 150 valence electrons. The maximum Gasteiger partial charge on any atom is 0.258 e. The Kier molecular flexibility index (Phi) is 5.34. The lowest BCUT2D eigenvalue weighted by atomic mass is 9.85. The molecule has 0 radical (unpaired) electrons. The standard InChI is InChI=1S/C21H23N5O3/c1-14-11-17-19(21(27)26(14)6-5-25-7-9-28-10-8-25)18(15-3-2-4-24-13-15)16(12-22)20(23)29-17/h2-4,11,13,18H,5-10,23H2,1H3/p+1/t18-/m1/s1. The third-order valence-electron chi connectivity index (χ3n) is 5.60. The van der Waals surface area contributed by atoms with Gasteiger partial charge in [-0.1, -0.05) is 6.07 Å². The second-order valence-corrected chi connectivity index (χ2v) is 7.34. The van der Waals surface area contributed by atoms with Gasteiger partial charge in [-0.3, -0.25) is 9.78 Å². The maximum absolute atomic E-state index is 13.5. The van der Waals surface area contributed by atoms with E-state index in [1.54, 1.807) is 23.0 Å². The number of hydrogen-bond donors (Lipinski definition) is 2. The number of morpholine rings is 1. The Bertz CT molecular complexity index is 1030. The van der Waals surface area contributed by atoms with Crippen molar-refractivity contribution in [3.05, 3.63) is 69.2 Å². The van der Waals surface area contributed by atoms with Crippen molar-refractivity contribution < 1.29 is 14.4 Å². The Morgan fingerprint density at radius 3 is 2.90 bits per heavy atom. The van der Waals surface area contributed by atoms with Crippen molar-refractivity contribution in [3.8, 4) is 11.8 Å². The lowest BCUT2D eigenvalue weighted by Crippen LogP contribution is -3.14. The van der Waals surface area contributed by atoms with Crippen LogP contribution in [-0.2, 0) is 11.3 Å². The van der Waals surface area contributed by atoms with Crippen molar-refractivity contribution in [2.75, 3.05) is 32.8 Å². The molecule has 0 amide bonds. The first-order valence-electron chi connectivity index (χ1n) is 9.73. The zero-order valence-electron chi connectivity index (χ0n) is 16.4. The molecule has 0 bridgehead atoms. The van der Waals surface area contributed by atoms with Crippen molar-refractivity contribution in [1.29, 1.82) is 5.26 Å². The summed E-state index contributed by atoms with van der Waals surface area (Å²) < 4.78 is 12.9. The van der Waals surface area contributed by atoms with Crippen LogP contribution in [0.25, 0.3) is 0 Å². The highest BCUT2D eigenvalue weighted by Gasteiger charge is 2.34. The molecule has 0 saturated carbocycles. The summed E-state index contributed by atoms with van der Waals surface area (Å²) in [7, 11) is 0. The van der Waals surface area contributed by atoms with Gasteiger partial charge in [-0.15, -0.1) is 0 Å². The molecule has 8 nitrogen and oxygen atoms in total. The van der Waals surface area contributed by atoms with Gasteiger partial charge in [-0.2, -0.15) is 5.26 Å². The van der Waals surface area contributed by atoms with E-state index in [9.17, 15) is 10.1 Å². The molecule has 2 aliphatic rings. The van der Waals surface area contributed by atoms with E-state index in [-0.39, 0.29) is 17.0 Å². The average molecular weight is 394 g/mol. The minimum Gasteiger partial charge on any atom is -0.440 e. The van der Waals surface area contributed by atoms with Crippen LogP contribution in [0, 0.1) is 18.3 Å². The summed E-state index contributed by atoms with van der Waals surface area (Å²) in [4.78, 5) is 19.1. The van der Waals surface area contributed by atoms with Crippen LogP contribution in [0.1, 0.15) is 22.7 Å². The zero-order valence-corrected chi connectivity index (χ0v) is 16.4. The van der Waals surface area contributed by atoms with Crippen LogP contribution in [0.3, 0.4) is 0 Å². The summed E-state index contributed by atoms with van der Waals surface area (Å²) >= 11 is 0. The van der Waals surface area contributed by atoms with Crippen LogP contribution in [-0.4, -0.2) is 42.4 Å². The lowest BCUT2D eigenvalue weighted by Gasteiger charge is -2.28. The SMILES string of the molecule is Cc1cc2c(c(=O)n1CC[NH+]1CCOCC1)[C@H](c1cccnc1)C(C#N)=C(N)O2. The molecule has 1 fully saturated rings. The van der Waals surface area contributed by atoms with Gasteiger partial charge in [0.2, 0.25) is 5.88 Å². The number of rotatable bonds is 4. The van der Waals surface area contributed by atoms with Crippen LogP contribution >= 0.6 is 0 Å². The lowest BCUT2D eigenvalue weighted by molar-refractivity contribution is -0.908. The number of nitrogens with one attached hydrogen (secondary N) is 1. The number of ether oxygens (including phenoxy) is 2. The molecule has 3 N–H and O–H groups in total. The van der Waals surface area contributed by atoms with Crippen molar-refractivity contribution in [2.45, 2.75) is 19.4 Å². The first-order chi connectivity index (χ1) is 14.1. The van der Waals surface area contributed by atoms with Crippen molar-refractivity contribution >= 4 is 0 Å². The number of quaternary nitrogens is 1. The van der Waals surface area contributed by atoms with Gasteiger partial charge in [-0.25, -0.2) is 0 Å². The van der Waals surface area contributed by atoms with E-state index >= 15 is 0 Å². The summed E-state index contributed by atoms with van der Waals surface area (Å²) in [5.74, 6) is -0.150. The molecular weight excluding hydrogens is 370 g/mol. The Morgan fingerprint density at radius 2 is 2.21 bits per heavy atom. The number of allylic oxidation sites excluding steroid dienone is 1. The number of aromatic nitrogens is 2. The van der Waals surface area contributed by atoms with Gasteiger partial charge in [0.15, 0.2) is 0 Å². The van der Waals surface area contributed by atoms with Crippen LogP contribution in [0.15, 0.2) is 46.8 Å². The Balaban J connectivity index is 1.77. The fraction of sp³-hybridized carbons (Fsp3) is 0.381. The van der Waals surface area contributed by atoms with E-state index in [1.807, 2.05) is 19.1 Å². The molecule has 1 atom stereocenters. The molecule has 0 spiro atoms. The molecule has 2 aliphatic heterocycles. The predicted molar refractivity (Wildman–Crippen MR) is 105 cm³/mol. The third-order valence-corrected chi connectivity index (χ3v) is 5.60. The second kappa shape index (κ2) is 8.07. The highest BCUT2D eigenvalue weighted by Crippen LogP contribution is 2.40. The molecule has 4 rings (SSSR count). The Hall–Kier alpha value is -3.15. The van der Waals surface area contributed by atoms with Crippen molar-refractivity contribution in [1.82, 2.24) is 9.55 Å². The van der Waals surface area contributed by atoms with Crippen molar-refractivity contribution in [3.63, 3.8) is 0 Å². The number of hydrogen-bond acceptors (Lipinski definition) is 6.